The molecule has 0 radical (unpaired) electrons. The van der Waals surface area contributed by atoms with Crippen molar-refractivity contribution in [2.75, 3.05) is 12.0 Å². The summed E-state index contributed by atoms with van der Waals surface area (Å²) < 4.78 is 4.90. The molecule has 1 aromatic rings. The summed E-state index contributed by atoms with van der Waals surface area (Å²) in [4.78, 5) is 26.1. The number of hydrogen-bond donors (Lipinski definition) is 0. The molecule has 2 atom stereocenters. The van der Waals surface area contributed by atoms with E-state index in [9.17, 15) is 9.59 Å². The molecule has 0 saturated carbocycles. The van der Waals surface area contributed by atoms with E-state index in [-0.39, 0.29) is 23.8 Å². The smallest absolute Gasteiger partial charge is 0.313 e. The van der Waals surface area contributed by atoms with Crippen molar-refractivity contribution < 1.29 is 14.3 Å². The highest BCUT2D eigenvalue weighted by Gasteiger charge is 2.36. The first-order chi connectivity index (χ1) is 9.60. The van der Waals surface area contributed by atoms with E-state index in [1.54, 1.807) is 0 Å². The van der Waals surface area contributed by atoms with Crippen LogP contribution in [0.25, 0.3) is 0 Å². The SMILES string of the molecule is CCCC(=O)N1c2ccccc2C(C(=O)OC)CC1C. The van der Waals surface area contributed by atoms with Crippen LogP contribution in [0.2, 0.25) is 0 Å². The van der Waals surface area contributed by atoms with Gasteiger partial charge in [-0.25, -0.2) is 0 Å². The molecular weight excluding hydrogens is 254 g/mol. The number of benzene rings is 1. The molecule has 0 N–H and O–H groups in total. The second kappa shape index (κ2) is 6.07. The minimum atomic E-state index is -0.281. The fraction of sp³-hybridized carbons (Fsp3) is 0.500. The maximum absolute atomic E-state index is 12.3. The number of hydrogen-bond acceptors (Lipinski definition) is 3. The third kappa shape index (κ3) is 2.55. The van der Waals surface area contributed by atoms with Gasteiger partial charge in [0.1, 0.15) is 0 Å². The summed E-state index contributed by atoms with van der Waals surface area (Å²) in [5, 5.41) is 0. The van der Waals surface area contributed by atoms with Crippen LogP contribution >= 0.6 is 0 Å². The minimum absolute atomic E-state index is 0.00745. The molecule has 0 aromatic heterocycles. The van der Waals surface area contributed by atoms with Crippen LogP contribution in [0.3, 0.4) is 0 Å². The molecule has 1 aliphatic heterocycles. The van der Waals surface area contributed by atoms with Crippen LogP contribution in [0.5, 0.6) is 0 Å². The topological polar surface area (TPSA) is 46.6 Å². The molecular formula is C16H21NO3. The molecule has 1 aromatic carbocycles. The summed E-state index contributed by atoms with van der Waals surface area (Å²) in [5.74, 6) is -0.389. The van der Waals surface area contributed by atoms with Gasteiger partial charge in [0.05, 0.1) is 13.0 Å². The van der Waals surface area contributed by atoms with Crippen LogP contribution in [-0.2, 0) is 14.3 Å². The molecule has 0 saturated heterocycles. The van der Waals surface area contributed by atoms with Crippen molar-refractivity contribution in [3.05, 3.63) is 29.8 Å². The number of nitrogens with zero attached hydrogens (tertiary/aromatic N) is 1. The van der Waals surface area contributed by atoms with E-state index < -0.39 is 0 Å². The van der Waals surface area contributed by atoms with Crippen LogP contribution in [0.15, 0.2) is 24.3 Å². The fourth-order valence-electron chi connectivity index (χ4n) is 2.89. The van der Waals surface area contributed by atoms with Crippen LogP contribution in [0, 0.1) is 0 Å². The van der Waals surface area contributed by atoms with Gasteiger partial charge in [-0.1, -0.05) is 25.1 Å². The number of carbonyl (C=O) groups is 2. The van der Waals surface area contributed by atoms with Crippen molar-refractivity contribution in [2.24, 2.45) is 0 Å². The number of para-hydroxylation sites is 1. The van der Waals surface area contributed by atoms with Gasteiger partial charge >= 0.3 is 5.97 Å². The molecule has 4 heteroatoms. The van der Waals surface area contributed by atoms with E-state index in [1.807, 2.05) is 43.0 Å². The van der Waals surface area contributed by atoms with Crippen molar-refractivity contribution in [3.8, 4) is 0 Å². The molecule has 20 heavy (non-hydrogen) atoms. The number of ether oxygens (including phenoxy) is 1. The summed E-state index contributed by atoms with van der Waals surface area (Å²) in [6, 6.07) is 7.63. The molecule has 1 aliphatic rings. The lowest BCUT2D eigenvalue weighted by atomic mass is 9.86. The molecule has 2 rings (SSSR count). The van der Waals surface area contributed by atoms with E-state index in [2.05, 4.69) is 0 Å². The largest absolute Gasteiger partial charge is 0.469 e. The first-order valence-electron chi connectivity index (χ1n) is 7.09. The minimum Gasteiger partial charge on any atom is -0.469 e. The van der Waals surface area contributed by atoms with Crippen molar-refractivity contribution in [1.29, 1.82) is 0 Å². The average molecular weight is 275 g/mol. The Bertz CT molecular complexity index is 512. The second-order valence-electron chi connectivity index (χ2n) is 5.23. The Labute approximate surface area is 119 Å². The highest BCUT2D eigenvalue weighted by molar-refractivity contribution is 5.97. The summed E-state index contributed by atoms with van der Waals surface area (Å²) in [6.07, 6.45) is 1.96. The second-order valence-corrected chi connectivity index (χ2v) is 5.23. The van der Waals surface area contributed by atoms with Crippen LogP contribution in [0.1, 0.15) is 44.6 Å². The third-order valence-electron chi connectivity index (χ3n) is 3.81. The number of methoxy groups -OCH3 is 1. The van der Waals surface area contributed by atoms with E-state index in [1.165, 1.54) is 7.11 Å². The zero-order valence-electron chi connectivity index (χ0n) is 12.3. The summed E-state index contributed by atoms with van der Waals surface area (Å²) in [5.41, 5.74) is 1.74. The van der Waals surface area contributed by atoms with Gasteiger partial charge in [-0.2, -0.15) is 0 Å². The standard InChI is InChI=1S/C16H21NO3/c1-4-7-15(18)17-11(2)10-13(16(19)20-3)12-8-5-6-9-14(12)17/h5-6,8-9,11,13H,4,7,10H2,1-3H3. The molecule has 0 spiro atoms. The number of fused-ring (bicyclic) bond motifs is 1. The number of anilines is 1. The molecule has 0 fully saturated rings. The van der Waals surface area contributed by atoms with Gasteiger partial charge in [-0.3, -0.25) is 9.59 Å². The monoisotopic (exact) mass is 275 g/mol. The van der Waals surface area contributed by atoms with E-state index in [0.717, 1.165) is 17.7 Å². The van der Waals surface area contributed by atoms with Gasteiger partial charge < -0.3 is 9.64 Å². The van der Waals surface area contributed by atoms with E-state index in [4.69, 9.17) is 4.74 Å². The summed E-state index contributed by atoms with van der Waals surface area (Å²) in [7, 11) is 1.41. The van der Waals surface area contributed by atoms with Crippen LogP contribution in [0.4, 0.5) is 5.69 Å². The Morgan fingerprint density at radius 1 is 1.35 bits per heavy atom. The molecule has 4 nitrogen and oxygen atoms in total. The number of rotatable bonds is 3. The lowest BCUT2D eigenvalue weighted by molar-refractivity contribution is -0.143. The average Bonchev–Trinajstić information content (AvgIpc) is 2.45. The van der Waals surface area contributed by atoms with E-state index in [0.29, 0.717) is 12.8 Å². The van der Waals surface area contributed by atoms with Gasteiger partial charge in [0.2, 0.25) is 5.91 Å². The molecule has 0 aliphatic carbocycles. The quantitative estimate of drug-likeness (QED) is 0.797. The highest BCUT2D eigenvalue weighted by Crippen LogP contribution is 2.39. The predicted octanol–water partition coefficient (Wildman–Crippen LogP) is 2.87. The van der Waals surface area contributed by atoms with Gasteiger partial charge in [0.15, 0.2) is 0 Å². The highest BCUT2D eigenvalue weighted by atomic mass is 16.5. The molecule has 0 bridgehead atoms. The van der Waals surface area contributed by atoms with Crippen LogP contribution < -0.4 is 4.90 Å². The van der Waals surface area contributed by atoms with Crippen molar-refractivity contribution in [2.45, 2.75) is 45.1 Å². The Balaban J connectivity index is 2.43. The molecule has 108 valence electrons. The zero-order chi connectivity index (χ0) is 14.7. The Hall–Kier alpha value is -1.84. The van der Waals surface area contributed by atoms with Crippen molar-refractivity contribution >= 4 is 17.6 Å². The molecule has 1 amide bonds. The van der Waals surface area contributed by atoms with Crippen molar-refractivity contribution in [1.82, 2.24) is 0 Å². The van der Waals surface area contributed by atoms with Crippen molar-refractivity contribution in [3.63, 3.8) is 0 Å². The summed E-state index contributed by atoms with van der Waals surface area (Å²) >= 11 is 0. The zero-order valence-corrected chi connectivity index (χ0v) is 12.3. The maximum Gasteiger partial charge on any atom is 0.313 e. The molecule has 1 heterocycles. The van der Waals surface area contributed by atoms with Crippen LogP contribution in [-0.4, -0.2) is 25.0 Å². The Morgan fingerprint density at radius 3 is 2.70 bits per heavy atom. The summed E-state index contributed by atoms with van der Waals surface area (Å²) in [6.45, 7) is 3.98. The number of amides is 1. The lowest BCUT2D eigenvalue weighted by Crippen LogP contribution is -2.44. The van der Waals surface area contributed by atoms with E-state index >= 15 is 0 Å². The lowest BCUT2D eigenvalue weighted by Gasteiger charge is -2.38. The third-order valence-corrected chi connectivity index (χ3v) is 3.81. The predicted molar refractivity (Wildman–Crippen MR) is 77.7 cm³/mol. The Morgan fingerprint density at radius 2 is 2.05 bits per heavy atom. The normalized spacial score (nSPS) is 21.2. The van der Waals surface area contributed by atoms with Gasteiger partial charge in [-0.15, -0.1) is 0 Å². The first-order valence-corrected chi connectivity index (χ1v) is 7.09. The van der Waals surface area contributed by atoms with Gasteiger partial charge in [0.25, 0.3) is 0 Å². The molecule has 2 unspecified atom stereocenters. The maximum atomic E-state index is 12.3. The Kier molecular flexibility index (Phi) is 4.42. The van der Waals surface area contributed by atoms with Gasteiger partial charge in [0, 0.05) is 18.2 Å². The van der Waals surface area contributed by atoms with Gasteiger partial charge in [-0.05, 0) is 31.4 Å². The number of carbonyl (C=O) groups excluding carboxylic acids is 2. The fourth-order valence-corrected chi connectivity index (χ4v) is 2.89. The first kappa shape index (κ1) is 14.6. The number of esters is 1.